The molecule has 3 aliphatic rings. The Kier molecular flexibility index (Phi) is 10.0. The lowest BCUT2D eigenvalue weighted by atomic mass is 10.1. The van der Waals surface area contributed by atoms with Gasteiger partial charge < -0.3 is 29.7 Å². The van der Waals surface area contributed by atoms with E-state index in [1.54, 1.807) is 68.3 Å². The van der Waals surface area contributed by atoms with Crippen LogP contribution in [0.25, 0.3) is 11.3 Å². The van der Waals surface area contributed by atoms with Crippen LogP contribution < -0.4 is 15.4 Å². The zero-order valence-corrected chi connectivity index (χ0v) is 26.2. The van der Waals surface area contributed by atoms with Gasteiger partial charge >= 0.3 is 12.2 Å². The summed E-state index contributed by atoms with van der Waals surface area (Å²) in [5, 5.41) is 5.69. The molecule has 3 aromatic rings. The Hall–Kier alpha value is -5.13. The normalized spacial score (nSPS) is 18.8. The fourth-order valence-corrected chi connectivity index (χ4v) is 5.35. The lowest BCUT2D eigenvalue weighted by Gasteiger charge is -2.28. The van der Waals surface area contributed by atoms with E-state index >= 15 is 0 Å². The Morgan fingerprint density at radius 1 is 1.02 bits per heavy atom. The fourth-order valence-electron chi connectivity index (χ4n) is 5.35. The molecule has 4 amide bonds. The Labute approximate surface area is 268 Å². The molecule has 242 valence electrons. The van der Waals surface area contributed by atoms with Crippen molar-refractivity contribution in [3.63, 3.8) is 0 Å². The molecule has 12 heteroatoms. The second-order valence-corrected chi connectivity index (χ2v) is 12.2. The first kappa shape index (κ1) is 32.3. The van der Waals surface area contributed by atoms with Crippen molar-refractivity contribution in [1.29, 1.82) is 0 Å². The number of pyridine rings is 1. The van der Waals surface area contributed by atoms with Crippen LogP contribution in [0.1, 0.15) is 43.1 Å². The van der Waals surface area contributed by atoms with E-state index in [2.05, 4.69) is 15.6 Å². The molecule has 0 spiro atoms. The maximum atomic E-state index is 13.9. The highest BCUT2D eigenvalue weighted by Crippen LogP contribution is 2.29. The minimum absolute atomic E-state index is 0.0264. The molecule has 46 heavy (non-hydrogen) atoms. The van der Waals surface area contributed by atoms with E-state index in [1.807, 2.05) is 30.3 Å². The number of carbonyl (C=O) groups excluding carboxylic acids is 4. The third-order valence-electron chi connectivity index (χ3n) is 7.53. The summed E-state index contributed by atoms with van der Waals surface area (Å²) in [6.45, 7) is 5.49. The van der Waals surface area contributed by atoms with E-state index in [4.69, 9.17) is 14.2 Å². The molecule has 2 aromatic carbocycles. The molecule has 4 heterocycles. The molecule has 2 atom stereocenters. The first-order chi connectivity index (χ1) is 22.1. The lowest BCUT2D eigenvalue weighted by molar-refractivity contribution is -0.133. The number of hydrogen-bond donors (Lipinski definition) is 2. The zero-order valence-electron chi connectivity index (χ0n) is 26.2. The van der Waals surface area contributed by atoms with Crippen molar-refractivity contribution in [3.05, 3.63) is 84.1 Å². The van der Waals surface area contributed by atoms with Gasteiger partial charge in [-0.2, -0.15) is 0 Å². The summed E-state index contributed by atoms with van der Waals surface area (Å²) in [6, 6.07) is 18.9. The molecular formula is C34H39N5O7. The van der Waals surface area contributed by atoms with Crippen LogP contribution in [-0.4, -0.2) is 89.3 Å². The smallest absolute Gasteiger partial charge is 0.410 e. The number of rotatable bonds is 3. The zero-order chi connectivity index (χ0) is 32.7. The van der Waals surface area contributed by atoms with Crippen LogP contribution in [0.15, 0.2) is 72.9 Å². The molecule has 1 saturated heterocycles. The van der Waals surface area contributed by atoms with Crippen molar-refractivity contribution < 1.29 is 33.4 Å². The second-order valence-electron chi connectivity index (χ2n) is 12.2. The Bertz CT molecular complexity index is 1540. The number of alkyl carbamates (subject to hydrolysis) is 1. The number of benzene rings is 2. The van der Waals surface area contributed by atoms with Gasteiger partial charge in [0.05, 0.1) is 12.1 Å². The summed E-state index contributed by atoms with van der Waals surface area (Å²) in [6.07, 6.45) is 0.789. The third-order valence-corrected chi connectivity index (χ3v) is 7.53. The Morgan fingerprint density at radius 3 is 2.50 bits per heavy atom. The number of hydrogen-bond acceptors (Lipinski definition) is 8. The standard InChI is InChI=1S/C34H39N5O7/c1-34(2,3)46-32(42)37-26-18-27-22-44-28-10-7-15-35-30(28)24-11-13-25(14-12-24)31(41)36-16-17-38(20-29(40)39(27)19-26)33(43)45-21-23-8-5-4-6-9-23/h4-15,26-27H,16-22H2,1-3H3,(H,36,41)(H,37,42)/t26-,27-/m0/s1. The molecule has 1 aromatic heterocycles. The van der Waals surface area contributed by atoms with E-state index in [9.17, 15) is 19.2 Å². The second kappa shape index (κ2) is 14.3. The van der Waals surface area contributed by atoms with Gasteiger partial charge in [0, 0.05) is 37.0 Å². The van der Waals surface area contributed by atoms with E-state index < -0.39 is 29.9 Å². The first-order valence-corrected chi connectivity index (χ1v) is 15.3. The number of fused-ring (bicyclic) bond motifs is 9. The highest BCUT2D eigenvalue weighted by Gasteiger charge is 2.38. The summed E-state index contributed by atoms with van der Waals surface area (Å²) >= 11 is 0. The summed E-state index contributed by atoms with van der Waals surface area (Å²) in [5.74, 6) is -0.174. The van der Waals surface area contributed by atoms with Crippen LogP contribution >= 0.6 is 0 Å². The minimum atomic E-state index is -0.691. The van der Waals surface area contributed by atoms with Crippen molar-refractivity contribution >= 4 is 24.0 Å². The topological polar surface area (TPSA) is 139 Å². The monoisotopic (exact) mass is 629 g/mol. The van der Waals surface area contributed by atoms with Gasteiger partial charge in [-0.05, 0) is 57.0 Å². The largest absolute Gasteiger partial charge is 0.489 e. The predicted octanol–water partition coefficient (Wildman–Crippen LogP) is 4.00. The SMILES string of the molecule is CC(C)(C)OC(=O)N[C@H]1C[C@H]2COc3cccnc3-c3ccc(cc3)C(=O)NCCN(C(=O)OCc3ccccc3)CC(=O)N2C1. The lowest BCUT2D eigenvalue weighted by Crippen LogP contribution is -2.48. The summed E-state index contributed by atoms with van der Waals surface area (Å²) in [5.41, 5.74) is 1.89. The van der Waals surface area contributed by atoms with Gasteiger partial charge in [0.15, 0.2) is 0 Å². The van der Waals surface area contributed by atoms with Crippen molar-refractivity contribution in [1.82, 2.24) is 25.4 Å². The number of ether oxygens (including phenoxy) is 3. The van der Waals surface area contributed by atoms with Crippen LogP contribution in [0.5, 0.6) is 5.75 Å². The molecule has 6 rings (SSSR count). The molecule has 2 N–H and O–H groups in total. The van der Waals surface area contributed by atoms with Crippen molar-refractivity contribution in [3.8, 4) is 17.0 Å². The molecule has 2 bridgehead atoms. The molecule has 3 aliphatic heterocycles. The summed E-state index contributed by atoms with van der Waals surface area (Å²) < 4.78 is 17.3. The summed E-state index contributed by atoms with van der Waals surface area (Å²) in [4.78, 5) is 60.1. The minimum Gasteiger partial charge on any atom is -0.489 e. The molecule has 0 radical (unpaired) electrons. The number of aromatic nitrogens is 1. The Morgan fingerprint density at radius 2 is 1.76 bits per heavy atom. The van der Waals surface area contributed by atoms with Gasteiger partial charge in [0.2, 0.25) is 5.91 Å². The van der Waals surface area contributed by atoms with Crippen LogP contribution in [0.4, 0.5) is 9.59 Å². The molecule has 0 unspecified atom stereocenters. The first-order valence-electron chi connectivity index (χ1n) is 15.3. The van der Waals surface area contributed by atoms with E-state index in [1.165, 1.54) is 4.90 Å². The average Bonchev–Trinajstić information content (AvgIpc) is 3.43. The highest BCUT2D eigenvalue weighted by molar-refractivity contribution is 5.94. The molecule has 0 aliphatic carbocycles. The van der Waals surface area contributed by atoms with Crippen molar-refractivity contribution in [2.75, 3.05) is 32.8 Å². The number of amides is 4. The van der Waals surface area contributed by atoms with Gasteiger partial charge in [-0.3, -0.25) is 19.5 Å². The predicted molar refractivity (Wildman–Crippen MR) is 169 cm³/mol. The number of nitrogens with one attached hydrogen (secondary N) is 2. The molecular weight excluding hydrogens is 590 g/mol. The maximum Gasteiger partial charge on any atom is 0.410 e. The van der Waals surface area contributed by atoms with Crippen molar-refractivity contribution in [2.24, 2.45) is 0 Å². The van der Waals surface area contributed by atoms with Crippen LogP contribution in [0.3, 0.4) is 0 Å². The molecule has 0 saturated carbocycles. The summed E-state index contributed by atoms with van der Waals surface area (Å²) in [7, 11) is 0. The van der Waals surface area contributed by atoms with Gasteiger partial charge in [-0.1, -0.05) is 42.5 Å². The maximum absolute atomic E-state index is 13.9. The molecule has 12 nitrogen and oxygen atoms in total. The van der Waals surface area contributed by atoms with E-state index in [-0.39, 0.29) is 51.2 Å². The quantitative estimate of drug-likeness (QED) is 0.443. The fraction of sp³-hybridized carbons (Fsp3) is 0.382. The number of carbonyl (C=O) groups is 4. The highest BCUT2D eigenvalue weighted by atomic mass is 16.6. The van der Waals surface area contributed by atoms with Crippen molar-refractivity contribution in [2.45, 2.75) is 51.5 Å². The van der Waals surface area contributed by atoms with Gasteiger partial charge in [-0.25, -0.2) is 9.59 Å². The average molecular weight is 630 g/mol. The molecule has 1 fully saturated rings. The van der Waals surface area contributed by atoms with E-state index in [0.717, 1.165) is 11.1 Å². The third kappa shape index (κ3) is 8.52. The van der Waals surface area contributed by atoms with Crippen LogP contribution in [0, 0.1) is 0 Å². The van der Waals surface area contributed by atoms with Gasteiger partial charge in [-0.15, -0.1) is 0 Å². The van der Waals surface area contributed by atoms with Crippen LogP contribution in [0.2, 0.25) is 0 Å². The van der Waals surface area contributed by atoms with Gasteiger partial charge in [0.25, 0.3) is 5.91 Å². The Balaban J connectivity index is 1.40. The van der Waals surface area contributed by atoms with E-state index in [0.29, 0.717) is 23.4 Å². The van der Waals surface area contributed by atoms with Gasteiger partial charge in [0.1, 0.15) is 36.8 Å². The number of nitrogens with zero attached hydrogens (tertiary/aromatic N) is 3. The van der Waals surface area contributed by atoms with Crippen LogP contribution in [-0.2, 0) is 20.9 Å².